The van der Waals surface area contributed by atoms with Crippen molar-refractivity contribution in [2.45, 2.75) is 37.3 Å². The molecule has 6 heteroatoms. The van der Waals surface area contributed by atoms with Gasteiger partial charge in [-0.15, -0.1) is 23.5 Å². The van der Waals surface area contributed by atoms with E-state index in [2.05, 4.69) is 10.6 Å². The predicted octanol–water partition coefficient (Wildman–Crippen LogP) is 3.20. The average molecular weight is 353 g/mol. The molecular formula is C17H24N2O2S2. The Bertz CT molecular complexity index is 528. The zero-order valence-electron chi connectivity index (χ0n) is 13.6. The fourth-order valence-corrected chi connectivity index (χ4v) is 5.11. The second-order valence-electron chi connectivity index (χ2n) is 5.54. The lowest BCUT2D eigenvalue weighted by Crippen LogP contribution is -2.45. The van der Waals surface area contributed by atoms with Crippen molar-refractivity contribution in [3.05, 3.63) is 35.4 Å². The van der Waals surface area contributed by atoms with E-state index in [1.54, 1.807) is 6.92 Å². The molecule has 1 saturated heterocycles. The first-order valence-corrected chi connectivity index (χ1v) is 10.1. The maximum absolute atomic E-state index is 12.2. The quantitative estimate of drug-likeness (QED) is 0.825. The summed E-state index contributed by atoms with van der Waals surface area (Å²) < 4.78 is 0.472. The second-order valence-corrected chi connectivity index (χ2v) is 8.26. The van der Waals surface area contributed by atoms with Gasteiger partial charge in [0, 0.05) is 12.1 Å². The van der Waals surface area contributed by atoms with Crippen LogP contribution in [0.25, 0.3) is 0 Å². The first-order chi connectivity index (χ1) is 11.1. The minimum atomic E-state index is -0.529. The Balaban J connectivity index is 1.90. The van der Waals surface area contributed by atoms with Gasteiger partial charge >= 0.3 is 0 Å². The number of thioether (sulfide) groups is 2. The molecule has 0 spiro atoms. The van der Waals surface area contributed by atoms with E-state index in [9.17, 15) is 9.59 Å². The van der Waals surface area contributed by atoms with E-state index in [-0.39, 0.29) is 11.8 Å². The fraction of sp³-hybridized carbons (Fsp3) is 0.529. The van der Waals surface area contributed by atoms with Crippen LogP contribution >= 0.6 is 23.5 Å². The number of hydrogen-bond donors (Lipinski definition) is 2. The van der Waals surface area contributed by atoms with Crippen molar-refractivity contribution in [3.63, 3.8) is 0 Å². The second kappa shape index (κ2) is 9.23. The van der Waals surface area contributed by atoms with Crippen LogP contribution < -0.4 is 10.6 Å². The molecule has 126 valence electrons. The van der Waals surface area contributed by atoms with Gasteiger partial charge in [-0.05, 0) is 49.0 Å². The van der Waals surface area contributed by atoms with Gasteiger partial charge in [0.1, 0.15) is 6.04 Å². The zero-order chi connectivity index (χ0) is 16.7. The SMILES string of the molecule is CCCNC(=O)[C@@H](C)NC(=O)c1ccc(C2SCCCS2)cc1. The number of carbonyl (C=O) groups excluding carboxylic acids is 2. The van der Waals surface area contributed by atoms with E-state index in [4.69, 9.17) is 0 Å². The van der Waals surface area contributed by atoms with Crippen molar-refractivity contribution >= 4 is 35.3 Å². The molecule has 2 amide bonds. The minimum absolute atomic E-state index is 0.146. The topological polar surface area (TPSA) is 58.2 Å². The van der Waals surface area contributed by atoms with Crippen LogP contribution in [0.15, 0.2) is 24.3 Å². The van der Waals surface area contributed by atoms with E-state index in [0.29, 0.717) is 16.7 Å². The van der Waals surface area contributed by atoms with Crippen molar-refractivity contribution in [2.24, 2.45) is 0 Å². The Morgan fingerprint density at radius 1 is 1.22 bits per heavy atom. The van der Waals surface area contributed by atoms with Gasteiger partial charge in [-0.2, -0.15) is 0 Å². The molecule has 1 heterocycles. The monoisotopic (exact) mass is 352 g/mol. The summed E-state index contributed by atoms with van der Waals surface area (Å²) in [6.45, 7) is 4.32. The Labute approximate surface area is 146 Å². The molecule has 0 radical (unpaired) electrons. The maximum Gasteiger partial charge on any atom is 0.251 e. The minimum Gasteiger partial charge on any atom is -0.354 e. The third-order valence-corrected chi connectivity index (χ3v) is 6.58. The highest BCUT2D eigenvalue weighted by Crippen LogP contribution is 2.43. The molecule has 1 aliphatic rings. The van der Waals surface area contributed by atoms with Crippen LogP contribution in [0.4, 0.5) is 0 Å². The molecular weight excluding hydrogens is 328 g/mol. The first-order valence-electron chi connectivity index (χ1n) is 8.03. The Hall–Kier alpha value is -1.14. The number of rotatable bonds is 6. The third kappa shape index (κ3) is 5.46. The van der Waals surface area contributed by atoms with Crippen LogP contribution in [0.1, 0.15) is 47.2 Å². The molecule has 1 aromatic carbocycles. The summed E-state index contributed by atoms with van der Waals surface area (Å²) in [5.74, 6) is 2.04. The highest BCUT2D eigenvalue weighted by molar-refractivity contribution is 8.16. The van der Waals surface area contributed by atoms with Crippen LogP contribution in [-0.2, 0) is 4.79 Å². The summed E-state index contributed by atoms with van der Waals surface area (Å²) in [6, 6.07) is 7.20. The van der Waals surface area contributed by atoms with Crippen LogP contribution in [0.2, 0.25) is 0 Å². The van der Waals surface area contributed by atoms with Crippen molar-refractivity contribution in [2.75, 3.05) is 18.1 Å². The molecule has 2 rings (SSSR count). The van der Waals surface area contributed by atoms with Crippen LogP contribution in [0.3, 0.4) is 0 Å². The standard InChI is InChI=1S/C17H24N2O2S2/c1-3-9-18-15(20)12(2)19-16(21)13-5-7-14(8-6-13)17-22-10-4-11-23-17/h5-8,12,17H,3-4,9-11H2,1-2H3,(H,18,20)(H,19,21)/t12-/m1/s1. The van der Waals surface area contributed by atoms with Gasteiger partial charge in [-0.3, -0.25) is 9.59 Å². The molecule has 1 atom stereocenters. The Morgan fingerprint density at radius 3 is 2.48 bits per heavy atom. The highest BCUT2D eigenvalue weighted by Gasteiger charge is 2.18. The van der Waals surface area contributed by atoms with Gasteiger partial charge in [-0.1, -0.05) is 19.1 Å². The van der Waals surface area contributed by atoms with E-state index in [1.807, 2.05) is 54.7 Å². The molecule has 1 fully saturated rings. The first kappa shape index (κ1) is 18.2. The molecule has 23 heavy (non-hydrogen) atoms. The molecule has 0 saturated carbocycles. The summed E-state index contributed by atoms with van der Waals surface area (Å²) in [4.78, 5) is 24.0. The van der Waals surface area contributed by atoms with Crippen molar-refractivity contribution in [1.29, 1.82) is 0 Å². The lowest BCUT2D eigenvalue weighted by atomic mass is 10.1. The highest BCUT2D eigenvalue weighted by atomic mass is 32.2. The average Bonchev–Trinajstić information content (AvgIpc) is 2.60. The smallest absolute Gasteiger partial charge is 0.251 e. The van der Waals surface area contributed by atoms with Gasteiger partial charge in [0.25, 0.3) is 5.91 Å². The Morgan fingerprint density at radius 2 is 1.87 bits per heavy atom. The van der Waals surface area contributed by atoms with Gasteiger partial charge in [0.15, 0.2) is 0 Å². The van der Waals surface area contributed by atoms with E-state index in [0.717, 1.165) is 6.42 Å². The van der Waals surface area contributed by atoms with E-state index in [1.165, 1.54) is 23.5 Å². The molecule has 1 aromatic rings. The van der Waals surface area contributed by atoms with Crippen LogP contribution in [0.5, 0.6) is 0 Å². The maximum atomic E-state index is 12.2. The van der Waals surface area contributed by atoms with Crippen LogP contribution in [0, 0.1) is 0 Å². The van der Waals surface area contributed by atoms with E-state index >= 15 is 0 Å². The van der Waals surface area contributed by atoms with Crippen molar-refractivity contribution in [1.82, 2.24) is 10.6 Å². The Kier molecular flexibility index (Phi) is 7.30. The molecule has 2 N–H and O–H groups in total. The summed E-state index contributed by atoms with van der Waals surface area (Å²) in [6.07, 6.45) is 2.15. The zero-order valence-corrected chi connectivity index (χ0v) is 15.3. The number of amides is 2. The molecule has 0 bridgehead atoms. The molecule has 1 aliphatic heterocycles. The predicted molar refractivity (Wildman–Crippen MR) is 98.9 cm³/mol. The third-order valence-electron chi connectivity index (χ3n) is 3.56. The lowest BCUT2D eigenvalue weighted by Gasteiger charge is -2.21. The van der Waals surface area contributed by atoms with Crippen LogP contribution in [-0.4, -0.2) is 35.9 Å². The summed E-state index contributed by atoms with van der Waals surface area (Å²) in [5.41, 5.74) is 1.85. The largest absolute Gasteiger partial charge is 0.354 e. The number of carbonyl (C=O) groups is 2. The molecule has 0 aromatic heterocycles. The fourth-order valence-electron chi connectivity index (χ4n) is 2.22. The summed E-state index contributed by atoms with van der Waals surface area (Å²) in [7, 11) is 0. The van der Waals surface area contributed by atoms with Gasteiger partial charge in [0.2, 0.25) is 5.91 Å². The normalized spacial score (nSPS) is 16.6. The van der Waals surface area contributed by atoms with Crippen molar-refractivity contribution < 1.29 is 9.59 Å². The summed E-state index contributed by atoms with van der Waals surface area (Å²) in [5, 5.41) is 5.52. The lowest BCUT2D eigenvalue weighted by molar-refractivity contribution is -0.122. The molecule has 0 unspecified atom stereocenters. The molecule has 0 aliphatic carbocycles. The van der Waals surface area contributed by atoms with Gasteiger partial charge in [-0.25, -0.2) is 0 Å². The number of nitrogens with one attached hydrogen (secondary N) is 2. The number of hydrogen-bond acceptors (Lipinski definition) is 4. The van der Waals surface area contributed by atoms with Gasteiger partial charge in [0.05, 0.1) is 4.58 Å². The number of benzene rings is 1. The van der Waals surface area contributed by atoms with Crippen molar-refractivity contribution in [3.8, 4) is 0 Å². The molecule has 4 nitrogen and oxygen atoms in total. The summed E-state index contributed by atoms with van der Waals surface area (Å²) >= 11 is 3.92. The van der Waals surface area contributed by atoms with E-state index < -0.39 is 6.04 Å². The van der Waals surface area contributed by atoms with Gasteiger partial charge < -0.3 is 10.6 Å².